The molecule has 144 valence electrons. The largest absolute Gasteiger partial charge is 0.337 e. The number of benzene rings is 1. The van der Waals surface area contributed by atoms with Crippen molar-refractivity contribution in [2.75, 3.05) is 26.2 Å². The zero-order valence-electron chi connectivity index (χ0n) is 15.8. The molecule has 0 unspecified atom stereocenters. The summed E-state index contributed by atoms with van der Waals surface area (Å²) >= 11 is 1.70. The Morgan fingerprint density at radius 2 is 1.89 bits per heavy atom. The van der Waals surface area contributed by atoms with Crippen LogP contribution in [0.1, 0.15) is 42.7 Å². The zero-order valence-corrected chi connectivity index (χ0v) is 16.7. The van der Waals surface area contributed by atoms with Gasteiger partial charge in [0, 0.05) is 25.7 Å². The molecule has 1 aromatic heterocycles. The average Bonchev–Trinajstić information content (AvgIpc) is 3.42. The van der Waals surface area contributed by atoms with Crippen molar-refractivity contribution in [2.45, 2.75) is 44.2 Å². The van der Waals surface area contributed by atoms with Crippen LogP contribution < -0.4 is 5.32 Å². The van der Waals surface area contributed by atoms with Crippen molar-refractivity contribution in [2.24, 2.45) is 0 Å². The second-order valence-electron chi connectivity index (χ2n) is 7.75. The van der Waals surface area contributed by atoms with Crippen molar-refractivity contribution in [1.29, 1.82) is 0 Å². The molecule has 2 fully saturated rings. The first-order chi connectivity index (χ1) is 13.3. The summed E-state index contributed by atoms with van der Waals surface area (Å²) in [7, 11) is 0. The lowest BCUT2D eigenvalue weighted by Gasteiger charge is -2.32. The maximum absolute atomic E-state index is 12.6. The molecule has 1 aliphatic carbocycles. The topological polar surface area (TPSA) is 35.6 Å². The Morgan fingerprint density at radius 1 is 1.11 bits per heavy atom. The standard InChI is InChI=1S/C22H29N3OS/c26-22(25(21-6-7-21)16-18-10-15-27-17-18)23-11-14-24-12-8-20(9-13-24)19-4-2-1-3-5-19/h1-5,10,15,17,20-21H,6-9,11-14,16H2,(H,23,26). The van der Waals surface area contributed by atoms with Crippen molar-refractivity contribution >= 4 is 17.4 Å². The quantitative estimate of drug-likeness (QED) is 0.774. The third kappa shape index (κ3) is 5.11. The van der Waals surface area contributed by atoms with E-state index in [4.69, 9.17) is 0 Å². The number of carbonyl (C=O) groups is 1. The third-order valence-electron chi connectivity index (χ3n) is 5.74. The summed E-state index contributed by atoms with van der Waals surface area (Å²) in [5, 5.41) is 7.37. The highest BCUT2D eigenvalue weighted by atomic mass is 32.1. The molecular formula is C22H29N3OS. The fourth-order valence-corrected chi connectivity index (χ4v) is 4.63. The molecule has 4 rings (SSSR count). The predicted octanol–water partition coefficient (Wildman–Crippen LogP) is 4.30. The molecule has 2 amide bonds. The van der Waals surface area contributed by atoms with Crippen LogP contribution in [0.2, 0.25) is 0 Å². The van der Waals surface area contributed by atoms with Gasteiger partial charge in [0.05, 0.1) is 0 Å². The lowest BCUT2D eigenvalue weighted by Crippen LogP contribution is -2.44. The second-order valence-corrected chi connectivity index (χ2v) is 8.53. The Bertz CT molecular complexity index is 706. The monoisotopic (exact) mass is 383 g/mol. The molecule has 0 radical (unpaired) electrons. The van der Waals surface area contributed by atoms with Gasteiger partial charge in [-0.2, -0.15) is 11.3 Å². The summed E-state index contributed by atoms with van der Waals surface area (Å²) in [5.74, 6) is 0.688. The van der Waals surface area contributed by atoms with E-state index in [2.05, 4.69) is 57.4 Å². The van der Waals surface area contributed by atoms with E-state index in [1.807, 2.05) is 4.90 Å². The average molecular weight is 384 g/mol. The zero-order chi connectivity index (χ0) is 18.5. The Kier molecular flexibility index (Phi) is 6.10. The van der Waals surface area contributed by atoms with Crippen molar-refractivity contribution in [3.8, 4) is 0 Å². The summed E-state index contributed by atoms with van der Waals surface area (Å²) in [4.78, 5) is 17.1. The molecule has 1 saturated carbocycles. The molecule has 1 N–H and O–H groups in total. The van der Waals surface area contributed by atoms with E-state index in [-0.39, 0.29) is 6.03 Å². The molecule has 2 heterocycles. The third-order valence-corrected chi connectivity index (χ3v) is 6.48. The fraction of sp³-hybridized carbons (Fsp3) is 0.500. The van der Waals surface area contributed by atoms with Crippen molar-refractivity contribution in [3.05, 3.63) is 58.3 Å². The molecule has 0 bridgehead atoms. The molecular weight excluding hydrogens is 354 g/mol. The van der Waals surface area contributed by atoms with Gasteiger partial charge >= 0.3 is 6.03 Å². The highest BCUT2D eigenvalue weighted by Crippen LogP contribution is 2.29. The Labute approximate surface area is 166 Å². The highest BCUT2D eigenvalue weighted by Gasteiger charge is 2.32. The Hall–Kier alpha value is -1.85. The number of rotatable bonds is 7. The van der Waals surface area contributed by atoms with Gasteiger partial charge in [0.25, 0.3) is 0 Å². The number of nitrogens with zero attached hydrogens (tertiary/aromatic N) is 2. The minimum Gasteiger partial charge on any atom is -0.337 e. The van der Waals surface area contributed by atoms with Crippen molar-refractivity contribution in [1.82, 2.24) is 15.1 Å². The van der Waals surface area contributed by atoms with Gasteiger partial charge in [-0.05, 0) is 72.6 Å². The summed E-state index contributed by atoms with van der Waals surface area (Å²) in [6.07, 6.45) is 4.71. The number of hydrogen-bond donors (Lipinski definition) is 1. The molecule has 0 spiro atoms. The lowest BCUT2D eigenvalue weighted by atomic mass is 9.89. The van der Waals surface area contributed by atoms with Crippen LogP contribution in [0.3, 0.4) is 0 Å². The first kappa shape index (κ1) is 18.5. The Balaban J connectivity index is 1.19. The van der Waals surface area contributed by atoms with E-state index in [0.29, 0.717) is 12.0 Å². The fourth-order valence-electron chi connectivity index (χ4n) is 3.97. The van der Waals surface area contributed by atoms with Crippen LogP contribution in [0.4, 0.5) is 4.79 Å². The first-order valence-corrected chi connectivity index (χ1v) is 11.1. The van der Waals surface area contributed by atoms with Gasteiger partial charge in [0.2, 0.25) is 0 Å². The van der Waals surface area contributed by atoms with E-state index >= 15 is 0 Å². The van der Waals surface area contributed by atoms with Crippen LogP contribution in [0, 0.1) is 0 Å². The number of piperidine rings is 1. The normalized spacial score (nSPS) is 18.4. The summed E-state index contributed by atoms with van der Waals surface area (Å²) in [5.41, 5.74) is 2.71. The van der Waals surface area contributed by atoms with E-state index in [1.54, 1.807) is 11.3 Å². The maximum Gasteiger partial charge on any atom is 0.317 e. The second kappa shape index (κ2) is 8.89. The number of thiophene rings is 1. The number of amides is 2. The highest BCUT2D eigenvalue weighted by molar-refractivity contribution is 7.07. The van der Waals surface area contributed by atoms with Crippen LogP contribution in [0.25, 0.3) is 0 Å². The van der Waals surface area contributed by atoms with E-state index in [0.717, 1.165) is 45.6 Å². The van der Waals surface area contributed by atoms with Crippen molar-refractivity contribution < 1.29 is 4.79 Å². The van der Waals surface area contributed by atoms with Crippen LogP contribution >= 0.6 is 11.3 Å². The number of urea groups is 1. The number of likely N-dealkylation sites (tertiary alicyclic amines) is 1. The van der Waals surface area contributed by atoms with Gasteiger partial charge in [-0.3, -0.25) is 0 Å². The maximum atomic E-state index is 12.6. The summed E-state index contributed by atoms with van der Waals surface area (Å²) in [6, 6.07) is 13.5. The smallest absolute Gasteiger partial charge is 0.317 e. The molecule has 5 heteroatoms. The summed E-state index contributed by atoms with van der Waals surface area (Å²) in [6.45, 7) is 4.67. The number of nitrogens with one attached hydrogen (secondary N) is 1. The number of hydrogen-bond acceptors (Lipinski definition) is 3. The molecule has 1 saturated heterocycles. The van der Waals surface area contributed by atoms with E-state index in [1.165, 1.54) is 24.0 Å². The molecule has 1 aliphatic heterocycles. The Morgan fingerprint density at radius 3 is 2.56 bits per heavy atom. The van der Waals surface area contributed by atoms with E-state index in [9.17, 15) is 4.79 Å². The minimum atomic E-state index is 0.0999. The van der Waals surface area contributed by atoms with Gasteiger partial charge in [0.15, 0.2) is 0 Å². The van der Waals surface area contributed by atoms with Crippen LogP contribution in [0.15, 0.2) is 47.2 Å². The lowest BCUT2D eigenvalue weighted by molar-refractivity contribution is 0.184. The van der Waals surface area contributed by atoms with Gasteiger partial charge in [-0.15, -0.1) is 0 Å². The minimum absolute atomic E-state index is 0.0999. The first-order valence-electron chi connectivity index (χ1n) is 10.1. The van der Waals surface area contributed by atoms with Crippen LogP contribution in [-0.4, -0.2) is 48.1 Å². The van der Waals surface area contributed by atoms with Gasteiger partial charge in [0.1, 0.15) is 0 Å². The SMILES string of the molecule is O=C(NCCN1CCC(c2ccccc2)CC1)N(Cc1ccsc1)C1CC1. The molecule has 2 aliphatic rings. The molecule has 1 aromatic carbocycles. The molecule has 4 nitrogen and oxygen atoms in total. The predicted molar refractivity (Wildman–Crippen MR) is 111 cm³/mol. The van der Waals surface area contributed by atoms with Gasteiger partial charge in [-0.1, -0.05) is 30.3 Å². The molecule has 27 heavy (non-hydrogen) atoms. The molecule has 2 aromatic rings. The van der Waals surface area contributed by atoms with E-state index < -0.39 is 0 Å². The van der Waals surface area contributed by atoms with Crippen molar-refractivity contribution in [3.63, 3.8) is 0 Å². The van der Waals surface area contributed by atoms with Gasteiger partial charge < -0.3 is 15.1 Å². The molecule has 0 atom stereocenters. The van der Waals surface area contributed by atoms with Gasteiger partial charge in [-0.25, -0.2) is 4.79 Å². The number of carbonyl (C=O) groups excluding carboxylic acids is 1. The van der Waals surface area contributed by atoms with Crippen LogP contribution in [0.5, 0.6) is 0 Å². The summed E-state index contributed by atoms with van der Waals surface area (Å²) < 4.78 is 0. The van der Waals surface area contributed by atoms with Crippen LogP contribution in [-0.2, 0) is 6.54 Å².